The third kappa shape index (κ3) is 4.47. The van der Waals surface area contributed by atoms with E-state index in [0.717, 1.165) is 0 Å². The summed E-state index contributed by atoms with van der Waals surface area (Å²) in [5, 5.41) is 11.8. The van der Waals surface area contributed by atoms with Gasteiger partial charge in [-0.3, -0.25) is 14.5 Å². The minimum absolute atomic E-state index is 0.0159. The zero-order valence-corrected chi connectivity index (χ0v) is 17.9. The molecule has 2 fully saturated rings. The summed E-state index contributed by atoms with van der Waals surface area (Å²) >= 11 is 11.8. The van der Waals surface area contributed by atoms with Crippen molar-refractivity contribution in [1.29, 1.82) is 0 Å². The van der Waals surface area contributed by atoms with E-state index in [1.165, 1.54) is 0 Å². The normalized spacial score (nSPS) is 22.4. The number of β-amino-alcohol motifs (C(OH)–C–C–N with tert-alkyl or cyclic N) is 1. The second-order valence-corrected chi connectivity index (χ2v) is 8.56. The first-order valence-electron chi connectivity index (χ1n) is 9.94. The van der Waals surface area contributed by atoms with Gasteiger partial charge in [0, 0.05) is 60.4 Å². The summed E-state index contributed by atoms with van der Waals surface area (Å²) < 4.78 is 0. The minimum atomic E-state index is -0.611. The maximum absolute atomic E-state index is 12.7. The van der Waals surface area contributed by atoms with Crippen LogP contribution in [0.4, 0.5) is 0 Å². The Bertz CT molecular complexity index is 912. The van der Waals surface area contributed by atoms with Gasteiger partial charge in [-0.25, -0.2) is 0 Å². The first kappa shape index (κ1) is 21.1. The van der Waals surface area contributed by atoms with E-state index in [0.29, 0.717) is 60.4 Å². The van der Waals surface area contributed by atoms with Crippen molar-refractivity contribution < 1.29 is 14.7 Å². The number of aliphatic hydroxyl groups excluding tert-OH is 1. The average Bonchev–Trinajstić information content (AvgIpc) is 3.15. The van der Waals surface area contributed by atoms with Gasteiger partial charge in [0.05, 0.1) is 12.1 Å². The van der Waals surface area contributed by atoms with E-state index in [1.54, 1.807) is 53.4 Å². The average molecular weight is 448 g/mol. The van der Waals surface area contributed by atoms with Crippen LogP contribution in [0.1, 0.15) is 20.7 Å². The fourth-order valence-corrected chi connectivity index (χ4v) is 4.35. The Morgan fingerprint density at radius 3 is 1.70 bits per heavy atom. The highest BCUT2D eigenvalue weighted by atomic mass is 35.5. The van der Waals surface area contributed by atoms with Crippen molar-refractivity contribution in [2.24, 2.45) is 0 Å². The van der Waals surface area contributed by atoms with Crippen LogP contribution in [0, 0.1) is 0 Å². The predicted molar refractivity (Wildman–Crippen MR) is 116 cm³/mol. The predicted octanol–water partition coefficient (Wildman–Crippen LogP) is 2.64. The fourth-order valence-electron chi connectivity index (χ4n) is 4.10. The van der Waals surface area contributed by atoms with Crippen LogP contribution in [0.5, 0.6) is 0 Å². The molecule has 1 N–H and O–H groups in total. The molecule has 0 saturated carbocycles. The molecule has 2 amide bonds. The Morgan fingerprint density at radius 2 is 1.20 bits per heavy atom. The molecular formula is C22H23Cl2N3O3. The Balaban J connectivity index is 1.34. The molecule has 6 nitrogen and oxygen atoms in total. The zero-order chi connectivity index (χ0) is 21.3. The van der Waals surface area contributed by atoms with E-state index in [2.05, 4.69) is 4.90 Å². The van der Waals surface area contributed by atoms with Crippen LogP contribution in [0.3, 0.4) is 0 Å². The molecule has 0 aromatic heterocycles. The molecule has 2 heterocycles. The molecule has 2 aromatic carbocycles. The molecular weight excluding hydrogens is 425 g/mol. The SMILES string of the molecule is O=C(c1ccc(Cl)cc1)N1CCN([C@@H]2CN(C(=O)c3ccc(Cl)cc3)C[C@H]2O)CC1. The van der Waals surface area contributed by atoms with E-state index < -0.39 is 6.10 Å². The third-order valence-corrected chi connectivity index (χ3v) is 6.30. The number of halogens is 2. The number of carbonyl (C=O) groups is 2. The molecule has 2 aliphatic heterocycles. The molecule has 0 bridgehead atoms. The molecule has 0 aliphatic carbocycles. The topological polar surface area (TPSA) is 64.1 Å². The molecule has 0 spiro atoms. The van der Waals surface area contributed by atoms with Crippen LogP contribution in [0.25, 0.3) is 0 Å². The molecule has 158 valence electrons. The molecule has 2 aliphatic rings. The van der Waals surface area contributed by atoms with Gasteiger partial charge in [0.25, 0.3) is 11.8 Å². The van der Waals surface area contributed by atoms with Crippen molar-refractivity contribution in [2.75, 3.05) is 39.3 Å². The van der Waals surface area contributed by atoms with Gasteiger partial charge in [0.2, 0.25) is 0 Å². The number of likely N-dealkylation sites (tertiary alicyclic amines) is 1. The molecule has 2 aromatic rings. The van der Waals surface area contributed by atoms with Gasteiger partial charge in [-0.15, -0.1) is 0 Å². The van der Waals surface area contributed by atoms with E-state index >= 15 is 0 Å². The summed E-state index contributed by atoms with van der Waals surface area (Å²) in [6, 6.07) is 13.5. The smallest absolute Gasteiger partial charge is 0.253 e. The number of nitrogens with zero attached hydrogens (tertiary/aromatic N) is 3. The molecule has 4 rings (SSSR count). The number of rotatable bonds is 3. The Labute approximate surface area is 185 Å². The van der Waals surface area contributed by atoms with Crippen molar-refractivity contribution in [3.05, 3.63) is 69.7 Å². The summed E-state index contributed by atoms with van der Waals surface area (Å²) in [6.07, 6.45) is -0.611. The van der Waals surface area contributed by atoms with E-state index in [9.17, 15) is 14.7 Å². The quantitative estimate of drug-likeness (QED) is 0.785. The molecule has 0 unspecified atom stereocenters. The van der Waals surface area contributed by atoms with Crippen molar-refractivity contribution in [1.82, 2.24) is 14.7 Å². The van der Waals surface area contributed by atoms with Crippen molar-refractivity contribution in [3.63, 3.8) is 0 Å². The number of carbonyl (C=O) groups excluding carboxylic acids is 2. The van der Waals surface area contributed by atoms with Gasteiger partial charge in [0.1, 0.15) is 0 Å². The van der Waals surface area contributed by atoms with Gasteiger partial charge < -0.3 is 14.9 Å². The third-order valence-electron chi connectivity index (χ3n) is 5.80. The van der Waals surface area contributed by atoms with Crippen molar-refractivity contribution in [2.45, 2.75) is 12.1 Å². The van der Waals surface area contributed by atoms with Crippen LogP contribution in [-0.2, 0) is 0 Å². The van der Waals surface area contributed by atoms with Crippen LogP contribution in [0.2, 0.25) is 10.0 Å². The molecule has 2 atom stereocenters. The van der Waals surface area contributed by atoms with Crippen LogP contribution >= 0.6 is 23.2 Å². The van der Waals surface area contributed by atoms with E-state index in [1.807, 2.05) is 4.90 Å². The van der Waals surface area contributed by atoms with Crippen molar-refractivity contribution in [3.8, 4) is 0 Å². The zero-order valence-electron chi connectivity index (χ0n) is 16.4. The number of piperazine rings is 1. The van der Waals surface area contributed by atoms with Crippen LogP contribution in [-0.4, -0.2) is 83.0 Å². The summed E-state index contributed by atoms with van der Waals surface area (Å²) in [7, 11) is 0. The highest BCUT2D eigenvalue weighted by Gasteiger charge is 2.39. The maximum Gasteiger partial charge on any atom is 0.253 e. The number of hydrogen-bond acceptors (Lipinski definition) is 4. The van der Waals surface area contributed by atoms with Gasteiger partial charge in [-0.05, 0) is 48.5 Å². The Kier molecular flexibility index (Phi) is 6.29. The Morgan fingerprint density at radius 1 is 0.733 bits per heavy atom. The van der Waals surface area contributed by atoms with Crippen molar-refractivity contribution >= 4 is 35.0 Å². The molecule has 8 heteroatoms. The highest BCUT2D eigenvalue weighted by Crippen LogP contribution is 2.22. The molecule has 30 heavy (non-hydrogen) atoms. The van der Waals surface area contributed by atoms with Gasteiger partial charge in [0.15, 0.2) is 0 Å². The Hall–Kier alpha value is -2.12. The standard InChI is InChI=1S/C22H23Cl2N3O3/c23-17-5-1-15(2-6-17)21(29)26-11-9-25(10-12-26)19-13-27(14-20(19)28)22(30)16-3-7-18(24)8-4-16/h1-8,19-20,28H,9-14H2/t19-,20-/m1/s1. The summed E-state index contributed by atoms with van der Waals surface area (Å²) in [6.45, 7) is 3.24. The number of benzene rings is 2. The summed E-state index contributed by atoms with van der Waals surface area (Å²) in [5.74, 6) is -0.123. The van der Waals surface area contributed by atoms with E-state index in [-0.39, 0.29) is 17.9 Å². The number of hydrogen-bond donors (Lipinski definition) is 1. The van der Waals surface area contributed by atoms with Gasteiger partial charge in [-0.1, -0.05) is 23.2 Å². The summed E-state index contributed by atoms with van der Waals surface area (Å²) in [4.78, 5) is 31.1. The second-order valence-electron chi connectivity index (χ2n) is 7.69. The number of amides is 2. The lowest BCUT2D eigenvalue weighted by molar-refractivity contribution is 0.0376. The lowest BCUT2D eigenvalue weighted by Crippen LogP contribution is -2.54. The molecule has 0 radical (unpaired) electrons. The highest BCUT2D eigenvalue weighted by molar-refractivity contribution is 6.31. The van der Waals surface area contributed by atoms with E-state index in [4.69, 9.17) is 23.2 Å². The first-order valence-corrected chi connectivity index (χ1v) is 10.7. The second kappa shape index (κ2) is 8.94. The summed E-state index contributed by atoms with van der Waals surface area (Å²) in [5.41, 5.74) is 1.18. The largest absolute Gasteiger partial charge is 0.390 e. The van der Waals surface area contributed by atoms with Gasteiger partial charge in [-0.2, -0.15) is 0 Å². The first-order chi connectivity index (χ1) is 14.4. The lowest BCUT2D eigenvalue weighted by atomic mass is 10.1. The van der Waals surface area contributed by atoms with Crippen LogP contribution in [0.15, 0.2) is 48.5 Å². The minimum Gasteiger partial charge on any atom is -0.390 e. The fraction of sp³-hybridized carbons (Fsp3) is 0.364. The van der Waals surface area contributed by atoms with Crippen LogP contribution < -0.4 is 0 Å². The maximum atomic E-state index is 12.7. The monoisotopic (exact) mass is 447 g/mol. The van der Waals surface area contributed by atoms with Gasteiger partial charge >= 0.3 is 0 Å². The lowest BCUT2D eigenvalue weighted by Gasteiger charge is -2.38. The number of aliphatic hydroxyl groups is 1. The molecule has 2 saturated heterocycles.